The minimum atomic E-state index is 0.0450. The Hall–Kier alpha value is -1.42. The lowest BCUT2D eigenvalue weighted by Gasteiger charge is -2.33. The average Bonchev–Trinajstić information content (AvgIpc) is 2.45. The summed E-state index contributed by atoms with van der Waals surface area (Å²) in [4.78, 5) is 18.9. The highest BCUT2D eigenvalue weighted by Gasteiger charge is 2.27. The highest BCUT2D eigenvalue weighted by Crippen LogP contribution is 2.16. The third kappa shape index (κ3) is 3.77. The normalized spacial score (nSPS) is 20.2. The molecule has 1 N–H and O–H groups in total. The molecule has 0 aliphatic carbocycles. The van der Waals surface area contributed by atoms with Gasteiger partial charge >= 0.3 is 0 Å². The van der Waals surface area contributed by atoms with Crippen molar-refractivity contribution in [1.29, 1.82) is 0 Å². The Morgan fingerprint density at radius 3 is 3.05 bits per heavy atom. The Morgan fingerprint density at radius 1 is 1.47 bits per heavy atom. The third-order valence-electron chi connectivity index (χ3n) is 3.71. The summed E-state index contributed by atoms with van der Waals surface area (Å²) in [5.41, 5.74) is 1.91. The summed E-state index contributed by atoms with van der Waals surface area (Å²) >= 11 is 0. The number of aromatic nitrogens is 1. The van der Waals surface area contributed by atoms with Gasteiger partial charge in [0.2, 0.25) is 5.91 Å². The standard InChI is InChI=1S/C15H23N3O/c1-3-18-10-5-4-9-14(18)15(19)16-11-13-8-6-7-12(2)17-13/h6-8,14H,3-5,9-11H2,1-2H3,(H,16,19)/t14-/m1/s1. The molecule has 2 heterocycles. The molecule has 104 valence electrons. The summed E-state index contributed by atoms with van der Waals surface area (Å²) in [5.74, 6) is 0.143. The topological polar surface area (TPSA) is 45.2 Å². The molecule has 0 spiro atoms. The first-order valence-corrected chi connectivity index (χ1v) is 7.15. The average molecular weight is 261 g/mol. The Morgan fingerprint density at radius 2 is 2.32 bits per heavy atom. The van der Waals surface area contributed by atoms with Crippen LogP contribution in [0.4, 0.5) is 0 Å². The van der Waals surface area contributed by atoms with E-state index < -0.39 is 0 Å². The summed E-state index contributed by atoms with van der Waals surface area (Å²) in [6, 6.07) is 5.93. The fourth-order valence-electron chi connectivity index (χ4n) is 2.66. The molecule has 0 radical (unpaired) electrons. The second kappa shape index (κ2) is 6.66. The van der Waals surface area contributed by atoms with E-state index in [1.54, 1.807) is 0 Å². The quantitative estimate of drug-likeness (QED) is 0.900. The van der Waals surface area contributed by atoms with Crippen LogP contribution in [0.5, 0.6) is 0 Å². The van der Waals surface area contributed by atoms with E-state index in [-0.39, 0.29) is 11.9 Å². The number of likely N-dealkylation sites (tertiary alicyclic amines) is 1. The fraction of sp³-hybridized carbons (Fsp3) is 0.600. The number of carbonyl (C=O) groups is 1. The van der Waals surface area contributed by atoms with Crippen LogP contribution in [0.1, 0.15) is 37.6 Å². The number of piperidine rings is 1. The minimum Gasteiger partial charge on any atom is -0.349 e. The molecule has 1 saturated heterocycles. The molecule has 19 heavy (non-hydrogen) atoms. The van der Waals surface area contributed by atoms with Gasteiger partial charge in [0.05, 0.1) is 18.3 Å². The molecule has 0 saturated carbocycles. The smallest absolute Gasteiger partial charge is 0.237 e. The van der Waals surface area contributed by atoms with E-state index in [4.69, 9.17) is 0 Å². The third-order valence-corrected chi connectivity index (χ3v) is 3.71. The minimum absolute atomic E-state index is 0.0450. The van der Waals surface area contributed by atoms with Crippen molar-refractivity contribution < 1.29 is 4.79 Å². The van der Waals surface area contributed by atoms with Gasteiger partial charge in [-0.2, -0.15) is 0 Å². The first-order chi connectivity index (χ1) is 9.20. The molecule has 0 bridgehead atoms. The van der Waals surface area contributed by atoms with Crippen LogP contribution >= 0.6 is 0 Å². The Bertz CT molecular complexity index is 433. The van der Waals surface area contributed by atoms with E-state index in [9.17, 15) is 4.79 Å². The van der Waals surface area contributed by atoms with Crippen molar-refractivity contribution >= 4 is 5.91 Å². The molecule has 2 rings (SSSR count). The van der Waals surface area contributed by atoms with Gasteiger partial charge in [0.25, 0.3) is 0 Å². The number of pyridine rings is 1. The van der Waals surface area contributed by atoms with Crippen molar-refractivity contribution in [2.75, 3.05) is 13.1 Å². The Labute approximate surface area is 115 Å². The van der Waals surface area contributed by atoms with Crippen LogP contribution in [0.25, 0.3) is 0 Å². The molecule has 1 fully saturated rings. The van der Waals surface area contributed by atoms with Crippen LogP contribution in [0.2, 0.25) is 0 Å². The number of hydrogen-bond acceptors (Lipinski definition) is 3. The van der Waals surface area contributed by atoms with Crippen LogP contribution in [0.15, 0.2) is 18.2 Å². The number of carbonyl (C=O) groups excluding carboxylic acids is 1. The molecule has 1 atom stereocenters. The van der Waals surface area contributed by atoms with E-state index >= 15 is 0 Å². The molecule has 4 heteroatoms. The maximum absolute atomic E-state index is 12.2. The van der Waals surface area contributed by atoms with E-state index in [0.717, 1.165) is 37.3 Å². The lowest BCUT2D eigenvalue weighted by molar-refractivity contribution is -0.127. The summed E-state index contributed by atoms with van der Waals surface area (Å²) < 4.78 is 0. The van der Waals surface area contributed by atoms with Gasteiger partial charge in [-0.1, -0.05) is 19.4 Å². The zero-order chi connectivity index (χ0) is 13.7. The van der Waals surface area contributed by atoms with Crippen molar-refractivity contribution in [1.82, 2.24) is 15.2 Å². The lowest BCUT2D eigenvalue weighted by atomic mass is 10.0. The largest absolute Gasteiger partial charge is 0.349 e. The first kappa shape index (κ1) is 14.0. The van der Waals surface area contributed by atoms with Gasteiger partial charge < -0.3 is 5.32 Å². The SMILES string of the molecule is CCN1CCCC[C@@H]1C(=O)NCc1cccc(C)n1. The maximum Gasteiger partial charge on any atom is 0.237 e. The molecule has 0 aromatic carbocycles. The zero-order valence-corrected chi connectivity index (χ0v) is 11.9. The molecule has 1 amide bonds. The van der Waals surface area contributed by atoms with Crippen molar-refractivity contribution in [2.24, 2.45) is 0 Å². The number of rotatable bonds is 4. The molecule has 1 aliphatic rings. The summed E-state index contributed by atoms with van der Waals surface area (Å²) in [5, 5.41) is 3.02. The van der Waals surface area contributed by atoms with Crippen molar-refractivity contribution in [3.8, 4) is 0 Å². The van der Waals surface area contributed by atoms with Gasteiger partial charge in [-0.3, -0.25) is 14.7 Å². The Kier molecular flexibility index (Phi) is 4.91. The molecule has 4 nitrogen and oxygen atoms in total. The van der Waals surface area contributed by atoms with Gasteiger partial charge in [-0.05, 0) is 45.0 Å². The van der Waals surface area contributed by atoms with Crippen LogP contribution < -0.4 is 5.32 Å². The van der Waals surface area contributed by atoms with Crippen molar-refractivity contribution in [3.63, 3.8) is 0 Å². The summed E-state index contributed by atoms with van der Waals surface area (Å²) in [6.45, 7) is 6.59. The van der Waals surface area contributed by atoms with Crippen LogP contribution in [0.3, 0.4) is 0 Å². The van der Waals surface area contributed by atoms with Crippen LogP contribution in [0, 0.1) is 6.92 Å². The lowest BCUT2D eigenvalue weighted by Crippen LogP contribution is -2.49. The van der Waals surface area contributed by atoms with Crippen molar-refractivity contribution in [3.05, 3.63) is 29.6 Å². The number of nitrogens with one attached hydrogen (secondary N) is 1. The number of nitrogens with zero attached hydrogens (tertiary/aromatic N) is 2. The monoisotopic (exact) mass is 261 g/mol. The zero-order valence-electron chi connectivity index (χ0n) is 11.9. The van der Waals surface area contributed by atoms with Gasteiger partial charge in [-0.15, -0.1) is 0 Å². The molecule has 0 unspecified atom stereocenters. The first-order valence-electron chi connectivity index (χ1n) is 7.15. The Balaban J connectivity index is 1.89. The van der Waals surface area contributed by atoms with Gasteiger partial charge in [0.1, 0.15) is 0 Å². The number of likely N-dealkylation sites (N-methyl/N-ethyl adjacent to an activating group) is 1. The second-order valence-corrected chi connectivity index (χ2v) is 5.13. The van der Waals surface area contributed by atoms with Crippen molar-refractivity contribution in [2.45, 2.75) is 45.7 Å². The number of aryl methyl sites for hydroxylation is 1. The van der Waals surface area contributed by atoms with Gasteiger partial charge in [-0.25, -0.2) is 0 Å². The van der Waals surface area contributed by atoms with Gasteiger partial charge in [0, 0.05) is 5.69 Å². The molecular formula is C15H23N3O. The summed E-state index contributed by atoms with van der Waals surface area (Å²) in [7, 11) is 0. The predicted molar refractivity (Wildman–Crippen MR) is 75.7 cm³/mol. The van der Waals surface area contributed by atoms with E-state index in [2.05, 4.69) is 22.1 Å². The predicted octanol–water partition coefficient (Wildman–Crippen LogP) is 1.88. The highest BCUT2D eigenvalue weighted by atomic mass is 16.2. The molecule has 1 aromatic rings. The van der Waals surface area contributed by atoms with Crippen LogP contribution in [-0.4, -0.2) is 34.9 Å². The number of hydrogen-bond donors (Lipinski definition) is 1. The van der Waals surface area contributed by atoms with E-state index in [0.29, 0.717) is 6.54 Å². The van der Waals surface area contributed by atoms with E-state index in [1.807, 2.05) is 25.1 Å². The summed E-state index contributed by atoms with van der Waals surface area (Å²) in [6.07, 6.45) is 3.33. The molecule has 1 aliphatic heterocycles. The van der Waals surface area contributed by atoms with E-state index in [1.165, 1.54) is 6.42 Å². The fourth-order valence-corrected chi connectivity index (χ4v) is 2.66. The second-order valence-electron chi connectivity index (χ2n) is 5.13. The molecule has 1 aromatic heterocycles. The number of amides is 1. The maximum atomic E-state index is 12.2. The van der Waals surface area contributed by atoms with Crippen LogP contribution in [-0.2, 0) is 11.3 Å². The highest BCUT2D eigenvalue weighted by molar-refractivity contribution is 5.81. The molecular weight excluding hydrogens is 238 g/mol. The van der Waals surface area contributed by atoms with Gasteiger partial charge in [0.15, 0.2) is 0 Å².